The third-order valence-electron chi connectivity index (χ3n) is 2.71. The molecule has 9 heteroatoms. The number of carbonyl (C=O) groups is 1. The fourth-order valence-electron chi connectivity index (χ4n) is 1.57. The van der Waals surface area contributed by atoms with E-state index in [1.807, 2.05) is 12.3 Å². The highest BCUT2D eigenvalue weighted by molar-refractivity contribution is 8.01. The summed E-state index contributed by atoms with van der Waals surface area (Å²) in [5.41, 5.74) is 8.14. The van der Waals surface area contributed by atoms with Gasteiger partial charge in [-0.05, 0) is 36.6 Å². The predicted octanol–water partition coefficient (Wildman–Crippen LogP) is 3.36. The van der Waals surface area contributed by atoms with Crippen molar-refractivity contribution in [2.45, 2.75) is 21.7 Å². The second-order valence-electron chi connectivity index (χ2n) is 4.33. The Bertz CT molecular complexity index is 624. The van der Waals surface area contributed by atoms with Gasteiger partial charge in [-0.15, -0.1) is 10.2 Å². The molecule has 2 rings (SSSR count). The molecule has 0 unspecified atom stereocenters. The number of rotatable bonds is 7. The van der Waals surface area contributed by atoms with E-state index in [1.165, 1.54) is 23.1 Å². The molecule has 1 atom stereocenters. The Balaban J connectivity index is 1.98. The van der Waals surface area contributed by atoms with E-state index in [9.17, 15) is 4.79 Å². The van der Waals surface area contributed by atoms with Crippen LogP contribution in [0.5, 0.6) is 0 Å². The standard InChI is InChI=1S/C13H15ClN4OS3/c1-20-5-4-10(15)12(19)17-8-2-3-11(9(14)6-8)22-13-18-16-7-21-13/h2-3,6-7,10H,4-5,15H2,1H3,(H,17,19)/t10-/m0/s1. The number of amides is 1. The molecule has 1 aromatic carbocycles. The van der Waals surface area contributed by atoms with Gasteiger partial charge in [-0.2, -0.15) is 11.8 Å². The molecule has 0 radical (unpaired) electrons. The van der Waals surface area contributed by atoms with Crippen molar-refractivity contribution in [1.82, 2.24) is 10.2 Å². The van der Waals surface area contributed by atoms with Crippen molar-refractivity contribution >= 4 is 58.1 Å². The minimum atomic E-state index is -0.512. The van der Waals surface area contributed by atoms with Crippen molar-refractivity contribution in [1.29, 1.82) is 0 Å². The molecular formula is C13H15ClN4OS3. The molecule has 118 valence electrons. The highest BCUT2D eigenvalue weighted by Gasteiger charge is 2.14. The molecule has 2 aromatic rings. The van der Waals surface area contributed by atoms with Crippen LogP contribution < -0.4 is 11.1 Å². The summed E-state index contributed by atoms with van der Waals surface area (Å²) < 4.78 is 0.817. The largest absolute Gasteiger partial charge is 0.325 e. The summed E-state index contributed by atoms with van der Waals surface area (Å²) in [6.45, 7) is 0. The molecule has 3 N–H and O–H groups in total. The van der Waals surface area contributed by atoms with Gasteiger partial charge in [0, 0.05) is 10.6 Å². The van der Waals surface area contributed by atoms with Crippen LogP contribution in [0.25, 0.3) is 0 Å². The van der Waals surface area contributed by atoms with Crippen LogP contribution in [-0.4, -0.2) is 34.2 Å². The first-order valence-corrected chi connectivity index (χ1v) is 9.86. The van der Waals surface area contributed by atoms with Gasteiger partial charge in [-0.1, -0.05) is 34.7 Å². The minimum absolute atomic E-state index is 0.199. The second kappa shape index (κ2) is 8.73. The third-order valence-corrected chi connectivity index (χ3v) is 5.63. The van der Waals surface area contributed by atoms with E-state index in [4.69, 9.17) is 17.3 Å². The van der Waals surface area contributed by atoms with E-state index in [0.29, 0.717) is 17.1 Å². The lowest BCUT2D eigenvalue weighted by molar-refractivity contribution is -0.117. The lowest BCUT2D eigenvalue weighted by Crippen LogP contribution is -2.36. The molecule has 0 fully saturated rings. The molecule has 0 aliphatic rings. The van der Waals surface area contributed by atoms with Gasteiger partial charge in [-0.3, -0.25) is 4.79 Å². The number of hydrogen-bond acceptors (Lipinski definition) is 7. The Morgan fingerprint density at radius 3 is 3.00 bits per heavy atom. The van der Waals surface area contributed by atoms with Crippen LogP contribution in [0.4, 0.5) is 5.69 Å². The van der Waals surface area contributed by atoms with Crippen molar-refractivity contribution in [2.75, 3.05) is 17.3 Å². The van der Waals surface area contributed by atoms with Gasteiger partial charge in [0.1, 0.15) is 5.51 Å². The SMILES string of the molecule is CSCC[C@H](N)C(=O)Nc1ccc(Sc2nncs2)c(Cl)c1. The number of halogens is 1. The summed E-state index contributed by atoms with van der Waals surface area (Å²) in [7, 11) is 0. The lowest BCUT2D eigenvalue weighted by atomic mass is 10.2. The summed E-state index contributed by atoms with van der Waals surface area (Å²) in [4.78, 5) is 12.8. The fourth-order valence-corrected chi connectivity index (χ4v) is 3.80. The minimum Gasteiger partial charge on any atom is -0.325 e. The average molecular weight is 375 g/mol. The normalized spacial score (nSPS) is 12.1. The molecule has 5 nitrogen and oxygen atoms in total. The second-order valence-corrected chi connectivity index (χ2v) is 7.84. The molecule has 0 aliphatic carbocycles. The zero-order valence-corrected chi connectivity index (χ0v) is 15.0. The van der Waals surface area contributed by atoms with Crippen LogP contribution in [0.1, 0.15) is 6.42 Å². The smallest absolute Gasteiger partial charge is 0.241 e. The molecule has 0 saturated heterocycles. The summed E-state index contributed by atoms with van der Waals surface area (Å²) in [6.07, 6.45) is 2.63. The molecule has 22 heavy (non-hydrogen) atoms. The monoisotopic (exact) mass is 374 g/mol. The van der Waals surface area contributed by atoms with Gasteiger partial charge in [-0.25, -0.2) is 0 Å². The zero-order chi connectivity index (χ0) is 15.9. The number of hydrogen-bond donors (Lipinski definition) is 2. The van der Waals surface area contributed by atoms with Crippen LogP contribution >= 0.6 is 46.5 Å². The first-order valence-electron chi connectivity index (χ1n) is 6.39. The fraction of sp³-hybridized carbons (Fsp3) is 0.308. The summed E-state index contributed by atoms with van der Waals surface area (Å²) in [6, 6.07) is 4.84. The number of nitrogens with zero attached hydrogens (tertiary/aromatic N) is 2. The summed E-state index contributed by atoms with van der Waals surface area (Å²) >= 11 is 10.8. The zero-order valence-electron chi connectivity index (χ0n) is 11.8. The lowest BCUT2D eigenvalue weighted by Gasteiger charge is -2.12. The van der Waals surface area contributed by atoms with Gasteiger partial charge in [0.25, 0.3) is 0 Å². The van der Waals surface area contributed by atoms with Gasteiger partial charge >= 0.3 is 0 Å². The van der Waals surface area contributed by atoms with E-state index in [0.717, 1.165) is 15.0 Å². The van der Waals surface area contributed by atoms with Crippen LogP contribution in [0.2, 0.25) is 5.02 Å². The highest BCUT2D eigenvalue weighted by atomic mass is 35.5. The van der Waals surface area contributed by atoms with Gasteiger partial charge in [0.2, 0.25) is 5.91 Å². The maximum atomic E-state index is 12.0. The van der Waals surface area contributed by atoms with Crippen molar-refractivity contribution < 1.29 is 4.79 Å². The Morgan fingerprint density at radius 2 is 2.36 bits per heavy atom. The third kappa shape index (κ3) is 5.13. The van der Waals surface area contributed by atoms with Crippen molar-refractivity contribution in [3.63, 3.8) is 0 Å². The van der Waals surface area contributed by atoms with Gasteiger partial charge in [0.05, 0.1) is 11.1 Å². The first kappa shape index (κ1) is 17.6. The molecule has 1 aromatic heterocycles. The Morgan fingerprint density at radius 1 is 1.55 bits per heavy atom. The number of aromatic nitrogens is 2. The molecule has 1 amide bonds. The molecule has 0 bridgehead atoms. The van der Waals surface area contributed by atoms with Gasteiger partial charge < -0.3 is 11.1 Å². The van der Waals surface area contributed by atoms with Crippen molar-refractivity contribution in [3.05, 3.63) is 28.7 Å². The van der Waals surface area contributed by atoms with Crippen LogP contribution in [0, 0.1) is 0 Å². The van der Waals surface area contributed by atoms with Crippen LogP contribution in [0.3, 0.4) is 0 Å². The summed E-state index contributed by atoms with van der Waals surface area (Å²) in [5, 5.41) is 11.1. The molecule has 0 aliphatic heterocycles. The Hall–Kier alpha value is -0.800. The Kier molecular flexibility index (Phi) is 6.97. The number of carbonyl (C=O) groups excluding carboxylic acids is 1. The average Bonchev–Trinajstić information content (AvgIpc) is 3.00. The number of anilines is 1. The number of benzene rings is 1. The number of nitrogens with two attached hydrogens (primary N) is 1. The first-order chi connectivity index (χ1) is 10.6. The molecule has 0 spiro atoms. The van der Waals surface area contributed by atoms with Crippen LogP contribution in [0.15, 0.2) is 32.9 Å². The number of nitrogens with one attached hydrogen (secondary N) is 1. The topological polar surface area (TPSA) is 80.9 Å². The maximum Gasteiger partial charge on any atom is 0.241 e. The molecular weight excluding hydrogens is 360 g/mol. The number of thioether (sulfide) groups is 1. The van der Waals surface area contributed by atoms with E-state index in [1.54, 1.807) is 29.4 Å². The molecule has 1 heterocycles. The molecule has 0 saturated carbocycles. The van der Waals surface area contributed by atoms with E-state index in [-0.39, 0.29) is 5.91 Å². The van der Waals surface area contributed by atoms with E-state index < -0.39 is 6.04 Å². The van der Waals surface area contributed by atoms with E-state index in [2.05, 4.69) is 15.5 Å². The highest BCUT2D eigenvalue weighted by Crippen LogP contribution is 2.35. The van der Waals surface area contributed by atoms with Crippen molar-refractivity contribution in [3.8, 4) is 0 Å². The van der Waals surface area contributed by atoms with Gasteiger partial charge in [0.15, 0.2) is 4.34 Å². The Labute approximate surface area is 146 Å². The van der Waals surface area contributed by atoms with Crippen molar-refractivity contribution in [2.24, 2.45) is 5.73 Å². The van der Waals surface area contributed by atoms with Crippen LogP contribution in [-0.2, 0) is 4.79 Å². The van der Waals surface area contributed by atoms with E-state index >= 15 is 0 Å². The summed E-state index contributed by atoms with van der Waals surface area (Å²) in [5.74, 6) is 0.655. The quantitative estimate of drug-likeness (QED) is 0.773. The predicted molar refractivity (Wildman–Crippen MR) is 95.1 cm³/mol. The maximum absolute atomic E-state index is 12.0.